The van der Waals surface area contributed by atoms with Gasteiger partial charge in [-0.25, -0.2) is 4.79 Å². The van der Waals surface area contributed by atoms with E-state index >= 15 is 0 Å². The third-order valence-corrected chi connectivity index (χ3v) is 6.49. The third-order valence-electron chi connectivity index (χ3n) is 5.15. The van der Waals surface area contributed by atoms with Crippen LogP contribution in [0.1, 0.15) is 53.4 Å². The van der Waals surface area contributed by atoms with E-state index < -0.39 is 0 Å². The van der Waals surface area contributed by atoms with Crippen LogP contribution in [0.25, 0.3) is 0 Å². The molecule has 23 heavy (non-hydrogen) atoms. The van der Waals surface area contributed by atoms with Crippen molar-refractivity contribution in [3.63, 3.8) is 0 Å². The monoisotopic (exact) mass is 352 g/mol. The Morgan fingerprint density at radius 3 is 2.74 bits per heavy atom. The highest BCUT2D eigenvalue weighted by Gasteiger charge is 2.39. The first-order chi connectivity index (χ1) is 11.0. The van der Waals surface area contributed by atoms with Gasteiger partial charge in [0.05, 0.1) is 12.2 Å². The molecule has 2 fully saturated rings. The van der Waals surface area contributed by atoms with E-state index in [0.717, 1.165) is 27.3 Å². The van der Waals surface area contributed by atoms with Crippen molar-refractivity contribution in [2.45, 2.75) is 52.5 Å². The summed E-state index contributed by atoms with van der Waals surface area (Å²) in [5.41, 5.74) is 1.59. The second-order valence-electron chi connectivity index (χ2n) is 6.59. The smallest absolute Gasteiger partial charge is 0.341 e. The molecule has 2 aliphatic rings. The maximum atomic E-state index is 12.2. The first-order valence-electron chi connectivity index (χ1n) is 8.34. The quantitative estimate of drug-likeness (QED) is 0.633. The molecule has 2 aliphatic carbocycles. The normalized spacial score (nSPS) is 25.4. The topological polar surface area (TPSA) is 50.4 Å². The highest BCUT2D eigenvalue weighted by atomic mass is 32.1. The third kappa shape index (κ3) is 3.38. The lowest BCUT2D eigenvalue weighted by molar-refractivity contribution is 0.0527. The lowest BCUT2D eigenvalue weighted by Crippen LogP contribution is -2.40. The Labute approximate surface area is 147 Å². The minimum absolute atomic E-state index is 0.278. The van der Waals surface area contributed by atoms with Gasteiger partial charge in [0.15, 0.2) is 5.11 Å². The fraction of sp³-hybridized carbons (Fsp3) is 0.647. The van der Waals surface area contributed by atoms with Gasteiger partial charge in [-0.05, 0) is 69.7 Å². The Kier molecular flexibility index (Phi) is 4.92. The summed E-state index contributed by atoms with van der Waals surface area (Å²) < 4.78 is 5.18. The number of hydrogen-bond donors (Lipinski definition) is 2. The summed E-state index contributed by atoms with van der Waals surface area (Å²) in [5, 5.41) is 8.11. The molecule has 3 atom stereocenters. The summed E-state index contributed by atoms with van der Waals surface area (Å²) in [7, 11) is 0. The maximum Gasteiger partial charge on any atom is 0.341 e. The summed E-state index contributed by atoms with van der Waals surface area (Å²) in [5.74, 6) is 1.36. The Morgan fingerprint density at radius 1 is 1.35 bits per heavy atom. The fourth-order valence-electron chi connectivity index (χ4n) is 3.89. The van der Waals surface area contributed by atoms with Crippen molar-refractivity contribution < 1.29 is 9.53 Å². The minimum atomic E-state index is -0.278. The van der Waals surface area contributed by atoms with Gasteiger partial charge in [0, 0.05) is 10.9 Å². The van der Waals surface area contributed by atoms with Gasteiger partial charge in [-0.15, -0.1) is 11.3 Å². The molecule has 126 valence electrons. The standard InChI is InChI=1S/C17H24N2O2S2/c1-4-21-16(20)14-9(2)10(3)23-15(14)19-17(22)18-13-8-11-5-6-12(13)7-11/h11-13H,4-8H2,1-3H3,(H2,18,19,22)/t11-,12-,13+/m0/s1. The molecule has 0 radical (unpaired) electrons. The Hall–Kier alpha value is -1.14. The van der Waals surface area contributed by atoms with E-state index in [-0.39, 0.29) is 5.97 Å². The first-order valence-corrected chi connectivity index (χ1v) is 9.56. The lowest BCUT2D eigenvalue weighted by atomic mass is 9.96. The number of thiocarbonyl (C=S) groups is 1. The van der Waals surface area contributed by atoms with Crippen molar-refractivity contribution in [1.82, 2.24) is 5.32 Å². The van der Waals surface area contributed by atoms with Crippen LogP contribution in [0.3, 0.4) is 0 Å². The minimum Gasteiger partial charge on any atom is -0.462 e. The zero-order chi connectivity index (χ0) is 16.6. The van der Waals surface area contributed by atoms with Gasteiger partial charge in [0.2, 0.25) is 0 Å². The Morgan fingerprint density at radius 2 is 2.13 bits per heavy atom. The molecule has 2 N–H and O–H groups in total. The number of fused-ring (bicyclic) bond motifs is 2. The van der Waals surface area contributed by atoms with Crippen LogP contribution in [0.4, 0.5) is 5.00 Å². The maximum absolute atomic E-state index is 12.2. The largest absolute Gasteiger partial charge is 0.462 e. The van der Waals surface area contributed by atoms with Gasteiger partial charge in [0.25, 0.3) is 0 Å². The second-order valence-corrected chi connectivity index (χ2v) is 8.22. The molecular weight excluding hydrogens is 328 g/mol. The van der Waals surface area contributed by atoms with Crippen molar-refractivity contribution in [2.24, 2.45) is 11.8 Å². The number of aryl methyl sites for hydroxylation is 1. The summed E-state index contributed by atoms with van der Waals surface area (Å²) in [6.07, 6.45) is 5.25. The molecule has 0 saturated heterocycles. The van der Waals surface area contributed by atoms with Gasteiger partial charge >= 0.3 is 5.97 Å². The molecule has 1 aromatic rings. The number of anilines is 1. The number of ether oxygens (including phenoxy) is 1. The molecule has 0 amide bonds. The van der Waals surface area contributed by atoms with Gasteiger partial charge in [-0.3, -0.25) is 0 Å². The van der Waals surface area contributed by atoms with Crippen LogP contribution in [0, 0.1) is 25.7 Å². The lowest BCUT2D eigenvalue weighted by Gasteiger charge is -2.24. The van der Waals surface area contributed by atoms with Crippen molar-refractivity contribution in [1.29, 1.82) is 0 Å². The van der Waals surface area contributed by atoms with Crippen LogP contribution in [0.15, 0.2) is 0 Å². The van der Waals surface area contributed by atoms with E-state index in [1.165, 1.54) is 25.7 Å². The molecule has 1 heterocycles. The van der Waals surface area contributed by atoms with E-state index in [9.17, 15) is 4.79 Å². The second kappa shape index (κ2) is 6.77. The first kappa shape index (κ1) is 16.7. The zero-order valence-electron chi connectivity index (χ0n) is 13.9. The summed E-state index contributed by atoms with van der Waals surface area (Å²) in [4.78, 5) is 13.3. The number of carbonyl (C=O) groups is 1. The zero-order valence-corrected chi connectivity index (χ0v) is 15.5. The highest BCUT2D eigenvalue weighted by Crippen LogP contribution is 2.44. The van der Waals surface area contributed by atoms with Gasteiger partial charge < -0.3 is 15.4 Å². The van der Waals surface area contributed by atoms with Crippen LogP contribution in [-0.2, 0) is 4.74 Å². The molecule has 2 bridgehead atoms. The molecule has 0 spiro atoms. The molecule has 3 rings (SSSR count). The van der Waals surface area contributed by atoms with Crippen molar-refractivity contribution in [2.75, 3.05) is 11.9 Å². The van der Waals surface area contributed by atoms with E-state index in [2.05, 4.69) is 10.6 Å². The summed E-state index contributed by atoms with van der Waals surface area (Å²) in [6, 6.07) is 0.488. The molecule has 4 nitrogen and oxygen atoms in total. The van der Waals surface area contributed by atoms with E-state index in [4.69, 9.17) is 17.0 Å². The summed E-state index contributed by atoms with van der Waals surface area (Å²) >= 11 is 7.04. The molecule has 0 aliphatic heterocycles. The van der Waals surface area contributed by atoms with Crippen LogP contribution in [-0.4, -0.2) is 23.7 Å². The Balaban J connectivity index is 1.68. The number of carbonyl (C=O) groups excluding carboxylic acids is 1. The van der Waals surface area contributed by atoms with Crippen LogP contribution in [0.2, 0.25) is 0 Å². The molecular formula is C17H24N2O2S2. The van der Waals surface area contributed by atoms with Crippen molar-refractivity contribution in [3.05, 3.63) is 16.0 Å². The van der Waals surface area contributed by atoms with Gasteiger partial charge in [0.1, 0.15) is 5.00 Å². The molecule has 0 unspecified atom stereocenters. The molecule has 6 heteroatoms. The van der Waals surface area contributed by atoms with Crippen LogP contribution in [0.5, 0.6) is 0 Å². The number of nitrogens with one attached hydrogen (secondary N) is 2. The Bertz CT molecular complexity index is 626. The van der Waals surface area contributed by atoms with Crippen LogP contribution >= 0.6 is 23.6 Å². The number of thiophene rings is 1. The molecule has 0 aromatic carbocycles. The number of esters is 1. The predicted octanol–water partition coefficient (Wildman–Crippen LogP) is 4.02. The predicted molar refractivity (Wildman–Crippen MR) is 98.3 cm³/mol. The van der Waals surface area contributed by atoms with E-state index in [1.54, 1.807) is 11.3 Å². The van der Waals surface area contributed by atoms with E-state index in [0.29, 0.717) is 23.3 Å². The van der Waals surface area contributed by atoms with Crippen LogP contribution < -0.4 is 10.6 Å². The van der Waals surface area contributed by atoms with Crippen molar-refractivity contribution >= 4 is 39.6 Å². The SMILES string of the molecule is CCOC(=O)c1c(NC(=S)N[C@@H]2C[C@H]3CC[C@H]2C3)sc(C)c1C. The average molecular weight is 353 g/mol. The number of rotatable bonds is 4. The van der Waals surface area contributed by atoms with Gasteiger partial charge in [-0.1, -0.05) is 6.42 Å². The summed E-state index contributed by atoms with van der Waals surface area (Å²) in [6.45, 7) is 6.16. The van der Waals surface area contributed by atoms with Gasteiger partial charge in [-0.2, -0.15) is 0 Å². The highest BCUT2D eigenvalue weighted by molar-refractivity contribution is 7.80. The number of hydrogen-bond acceptors (Lipinski definition) is 4. The fourth-order valence-corrected chi connectivity index (χ4v) is 5.26. The molecule has 1 aromatic heterocycles. The molecule has 2 saturated carbocycles. The van der Waals surface area contributed by atoms with E-state index in [1.807, 2.05) is 20.8 Å². The van der Waals surface area contributed by atoms with Crippen molar-refractivity contribution in [3.8, 4) is 0 Å². The average Bonchev–Trinajstić information content (AvgIpc) is 3.15.